The lowest BCUT2D eigenvalue weighted by Crippen LogP contribution is -2.44. The van der Waals surface area contributed by atoms with Crippen LogP contribution in [0.3, 0.4) is 0 Å². The molecule has 0 aromatic carbocycles. The van der Waals surface area contributed by atoms with Gasteiger partial charge in [-0.25, -0.2) is 0 Å². The van der Waals surface area contributed by atoms with E-state index in [0.29, 0.717) is 6.04 Å². The molecule has 1 fully saturated rings. The van der Waals surface area contributed by atoms with E-state index >= 15 is 0 Å². The second-order valence-corrected chi connectivity index (χ2v) is 4.85. The molecule has 0 saturated heterocycles. The van der Waals surface area contributed by atoms with Gasteiger partial charge >= 0.3 is 0 Å². The van der Waals surface area contributed by atoms with Crippen molar-refractivity contribution < 1.29 is 0 Å². The van der Waals surface area contributed by atoms with Crippen LogP contribution in [0.4, 0.5) is 0 Å². The van der Waals surface area contributed by atoms with Crippen molar-refractivity contribution in [2.45, 2.75) is 71.4 Å². The number of hydrogen-bond acceptors (Lipinski definition) is 1. The molecule has 0 aromatic heterocycles. The molecule has 1 aliphatic rings. The van der Waals surface area contributed by atoms with Crippen molar-refractivity contribution in [1.82, 2.24) is 5.32 Å². The van der Waals surface area contributed by atoms with Crippen LogP contribution in [0.15, 0.2) is 0 Å². The Bertz CT molecular complexity index is 125. The van der Waals surface area contributed by atoms with Crippen LogP contribution in [0.25, 0.3) is 0 Å². The number of unbranched alkanes of at least 4 members (excludes halogenated alkanes) is 2. The van der Waals surface area contributed by atoms with Crippen LogP contribution < -0.4 is 5.32 Å². The molecule has 0 atom stereocenters. The molecule has 13 heavy (non-hydrogen) atoms. The van der Waals surface area contributed by atoms with Gasteiger partial charge in [-0.1, -0.05) is 46.5 Å². The fourth-order valence-corrected chi connectivity index (χ4v) is 2.26. The second-order valence-electron chi connectivity index (χ2n) is 4.85. The van der Waals surface area contributed by atoms with Gasteiger partial charge in [0.15, 0.2) is 0 Å². The van der Waals surface area contributed by atoms with E-state index < -0.39 is 0 Å². The Morgan fingerprint density at radius 1 is 1.23 bits per heavy atom. The van der Waals surface area contributed by atoms with Crippen molar-refractivity contribution in [3.05, 3.63) is 0 Å². The molecule has 1 rings (SSSR count). The van der Waals surface area contributed by atoms with Crippen molar-refractivity contribution in [2.75, 3.05) is 0 Å². The van der Waals surface area contributed by atoms with Gasteiger partial charge in [-0.2, -0.15) is 0 Å². The van der Waals surface area contributed by atoms with Gasteiger partial charge < -0.3 is 5.32 Å². The highest BCUT2D eigenvalue weighted by atomic mass is 15.0. The first-order chi connectivity index (χ1) is 6.22. The molecule has 1 N–H and O–H groups in total. The average molecular weight is 183 g/mol. The predicted molar refractivity (Wildman–Crippen MR) is 58.9 cm³/mol. The standard InChI is InChI=1S/C12H25N/c1-4-5-6-7-11-8-12(9-11)13-10(2)3/h10-13H,4-9H2,1-3H3. The maximum Gasteiger partial charge on any atom is 0.00747 e. The summed E-state index contributed by atoms with van der Waals surface area (Å²) in [5.74, 6) is 1.04. The van der Waals surface area contributed by atoms with Crippen molar-refractivity contribution in [1.29, 1.82) is 0 Å². The Morgan fingerprint density at radius 3 is 2.46 bits per heavy atom. The topological polar surface area (TPSA) is 12.0 Å². The molecule has 1 aliphatic carbocycles. The van der Waals surface area contributed by atoms with Gasteiger partial charge in [-0.05, 0) is 18.8 Å². The molecule has 0 heterocycles. The first-order valence-electron chi connectivity index (χ1n) is 5.98. The largest absolute Gasteiger partial charge is 0.312 e. The monoisotopic (exact) mass is 183 g/mol. The van der Waals surface area contributed by atoms with Crippen LogP contribution >= 0.6 is 0 Å². The third kappa shape index (κ3) is 4.12. The number of nitrogens with one attached hydrogen (secondary N) is 1. The van der Waals surface area contributed by atoms with Crippen LogP contribution in [-0.2, 0) is 0 Å². The van der Waals surface area contributed by atoms with E-state index in [0.717, 1.165) is 12.0 Å². The Balaban J connectivity index is 1.92. The molecule has 0 unspecified atom stereocenters. The van der Waals surface area contributed by atoms with E-state index in [2.05, 4.69) is 26.1 Å². The van der Waals surface area contributed by atoms with E-state index in [1.165, 1.54) is 38.5 Å². The Kier molecular flexibility index (Phi) is 4.79. The van der Waals surface area contributed by atoms with Crippen molar-refractivity contribution in [3.8, 4) is 0 Å². The summed E-state index contributed by atoms with van der Waals surface area (Å²) >= 11 is 0. The van der Waals surface area contributed by atoms with E-state index in [1.807, 2.05) is 0 Å². The first kappa shape index (κ1) is 11.0. The van der Waals surface area contributed by atoms with Gasteiger partial charge in [-0.15, -0.1) is 0 Å². The van der Waals surface area contributed by atoms with Crippen LogP contribution in [0.2, 0.25) is 0 Å². The summed E-state index contributed by atoms with van der Waals surface area (Å²) < 4.78 is 0. The zero-order chi connectivity index (χ0) is 9.68. The van der Waals surface area contributed by atoms with Crippen LogP contribution in [-0.4, -0.2) is 12.1 Å². The van der Waals surface area contributed by atoms with Crippen molar-refractivity contribution in [2.24, 2.45) is 5.92 Å². The highest BCUT2D eigenvalue weighted by Gasteiger charge is 2.28. The van der Waals surface area contributed by atoms with Gasteiger partial charge in [0.05, 0.1) is 0 Å². The summed E-state index contributed by atoms with van der Waals surface area (Å²) in [6.07, 6.45) is 8.59. The van der Waals surface area contributed by atoms with Crippen molar-refractivity contribution >= 4 is 0 Å². The molecule has 1 nitrogen and oxygen atoms in total. The van der Waals surface area contributed by atoms with E-state index in [-0.39, 0.29) is 0 Å². The highest BCUT2D eigenvalue weighted by molar-refractivity contribution is 4.85. The molecule has 1 heteroatoms. The lowest BCUT2D eigenvalue weighted by Gasteiger charge is -2.37. The minimum absolute atomic E-state index is 0.668. The lowest BCUT2D eigenvalue weighted by atomic mass is 9.77. The van der Waals surface area contributed by atoms with Gasteiger partial charge in [0.1, 0.15) is 0 Å². The highest BCUT2D eigenvalue weighted by Crippen LogP contribution is 2.32. The van der Waals surface area contributed by atoms with Crippen LogP contribution in [0.1, 0.15) is 59.3 Å². The summed E-state index contributed by atoms with van der Waals surface area (Å²) in [5.41, 5.74) is 0. The molecular formula is C12H25N. The zero-order valence-corrected chi connectivity index (χ0v) is 9.47. The van der Waals surface area contributed by atoms with Gasteiger partial charge in [0.25, 0.3) is 0 Å². The summed E-state index contributed by atoms with van der Waals surface area (Å²) in [5, 5.41) is 3.60. The van der Waals surface area contributed by atoms with Gasteiger partial charge in [0.2, 0.25) is 0 Å². The lowest BCUT2D eigenvalue weighted by molar-refractivity contribution is 0.196. The Morgan fingerprint density at radius 2 is 1.92 bits per heavy atom. The van der Waals surface area contributed by atoms with E-state index in [4.69, 9.17) is 0 Å². The molecule has 1 saturated carbocycles. The average Bonchev–Trinajstić information content (AvgIpc) is 1.99. The minimum atomic E-state index is 0.668. The van der Waals surface area contributed by atoms with Crippen molar-refractivity contribution in [3.63, 3.8) is 0 Å². The SMILES string of the molecule is CCCCCC1CC(NC(C)C)C1. The summed E-state index contributed by atoms with van der Waals surface area (Å²) in [6.45, 7) is 6.76. The third-order valence-corrected chi connectivity index (χ3v) is 3.02. The predicted octanol–water partition coefficient (Wildman–Crippen LogP) is 3.34. The fraction of sp³-hybridized carbons (Fsp3) is 1.00. The number of rotatable bonds is 6. The molecule has 0 aliphatic heterocycles. The molecule has 78 valence electrons. The molecule has 0 radical (unpaired) electrons. The molecule has 0 aromatic rings. The second kappa shape index (κ2) is 5.64. The van der Waals surface area contributed by atoms with Crippen LogP contribution in [0, 0.1) is 5.92 Å². The summed E-state index contributed by atoms with van der Waals surface area (Å²) in [6, 6.07) is 1.51. The molecule has 0 spiro atoms. The molecular weight excluding hydrogens is 158 g/mol. The number of hydrogen-bond donors (Lipinski definition) is 1. The quantitative estimate of drug-likeness (QED) is 0.623. The Labute approximate surface area is 83.3 Å². The maximum atomic E-state index is 3.60. The first-order valence-corrected chi connectivity index (χ1v) is 5.98. The van der Waals surface area contributed by atoms with E-state index in [1.54, 1.807) is 0 Å². The summed E-state index contributed by atoms with van der Waals surface area (Å²) in [7, 11) is 0. The smallest absolute Gasteiger partial charge is 0.00747 e. The van der Waals surface area contributed by atoms with Gasteiger partial charge in [0, 0.05) is 12.1 Å². The zero-order valence-electron chi connectivity index (χ0n) is 9.47. The normalized spacial score (nSPS) is 27.7. The van der Waals surface area contributed by atoms with E-state index in [9.17, 15) is 0 Å². The maximum absolute atomic E-state index is 3.60. The minimum Gasteiger partial charge on any atom is -0.312 e. The Hall–Kier alpha value is -0.0400. The molecule has 0 amide bonds. The van der Waals surface area contributed by atoms with Crippen LogP contribution in [0.5, 0.6) is 0 Å². The summed E-state index contributed by atoms with van der Waals surface area (Å²) in [4.78, 5) is 0. The van der Waals surface area contributed by atoms with Gasteiger partial charge in [-0.3, -0.25) is 0 Å². The fourth-order valence-electron chi connectivity index (χ4n) is 2.26. The third-order valence-electron chi connectivity index (χ3n) is 3.02. The molecule has 0 bridgehead atoms.